The highest BCUT2D eigenvalue weighted by molar-refractivity contribution is 5.15. The maximum Gasteiger partial charge on any atom is 0.124 e. The molecule has 0 N–H and O–H groups in total. The Hall–Kier alpha value is -1.26. The molecule has 0 aliphatic rings. The van der Waals surface area contributed by atoms with Crippen molar-refractivity contribution < 1.29 is 16.4 Å². The van der Waals surface area contributed by atoms with Gasteiger partial charge in [0.05, 0.1) is 16.1 Å². The van der Waals surface area contributed by atoms with Crippen LogP contribution >= 0.6 is 0 Å². The molecule has 0 amide bonds. The molecule has 1 rings (SSSR count). The van der Waals surface area contributed by atoms with Crippen molar-refractivity contribution in [2.45, 2.75) is 19.4 Å². The first kappa shape index (κ1) is 2.87. The van der Waals surface area contributed by atoms with E-state index in [0.717, 1.165) is 6.92 Å². The van der Waals surface area contributed by atoms with E-state index in [1.54, 1.807) is 5.92 Å². The van der Waals surface area contributed by atoms with E-state index in [1.807, 2.05) is 0 Å². The van der Waals surface area contributed by atoms with Crippen LogP contribution in [0.1, 0.15) is 28.9 Å². The number of benzene rings is 1. The molecule has 0 aromatic heterocycles. The van der Waals surface area contributed by atoms with Crippen LogP contribution in [0.25, 0.3) is 0 Å². The van der Waals surface area contributed by atoms with E-state index < -0.39 is 56.1 Å². The Morgan fingerprint density at radius 3 is 3.21 bits per heavy atom. The largest absolute Gasteiger partial charge is 0.292 e. The van der Waals surface area contributed by atoms with Crippen molar-refractivity contribution >= 4 is 0 Å². The van der Waals surface area contributed by atoms with E-state index in [4.69, 9.17) is 16.4 Å². The molecule has 0 radical (unpaired) electrons. The topological polar surface area (TPSA) is 3.24 Å². The monoisotopic (exact) mass is 199 g/mol. The first-order valence-electron chi connectivity index (χ1n) is 9.88. The molecular weight excluding hydrogens is 170 g/mol. The highest BCUT2D eigenvalue weighted by Gasteiger charge is 2.07. The van der Waals surface area contributed by atoms with Crippen LogP contribution in [0.4, 0.5) is 0 Å². The van der Waals surface area contributed by atoms with Crippen molar-refractivity contribution in [1.29, 1.82) is 0 Å². The summed E-state index contributed by atoms with van der Waals surface area (Å²) in [6.45, 7) is -4.96. The molecule has 0 spiro atoms. The van der Waals surface area contributed by atoms with E-state index in [1.165, 1.54) is 6.40 Å². The predicted octanol–water partition coefficient (Wildman–Crippen LogP) is 2.18. The summed E-state index contributed by atoms with van der Waals surface area (Å²) in [7, 11) is 0. The quantitative estimate of drug-likeness (QED) is 0.672. The Kier molecular flexibility index (Phi) is 1.12. The second kappa shape index (κ2) is 5.47. The van der Waals surface area contributed by atoms with Crippen LogP contribution in [0.2, 0.25) is 0 Å². The van der Waals surface area contributed by atoms with Crippen LogP contribution in [0.3, 0.4) is 0 Å². The van der Waals surface area contributed by atoms with Crippen LogP contribution in [-0.2, 0) is 6.42 Å². The van der Waals surface area contributed by atoms with Gasteiger partial charge in [-0.1, -0.05) is 36.1 Å². The predicted molar refractivity (Wildman–Crippen MR) is 61.1 cm³/mol. The van der Waals surface area contributed by atoms with Crippen LogP contribution in [0.5, 0.6) is 0 Å². The van der Waals surface area contributed by atoms with Crippen LogP contribution in [-0.4, -0.2) is 24.4 Å². The molecule has 0 saturated heterocycles. The summed E-state index contributed by atoms with van der Waals surface area (Å²) >= 11 is 0. The van der Waals surface area contributed by atoms with Crippen LogP contribution in [0, 0.1) is 12.3 Å². The lowest BCUT2D eigenvalue weighted by molar-refractivity contribution is 0.287. The van der Waals surface area contributed by atoms with Crippen LogP contribution < -0.4 is 0 Å². The summed E-state index contributed by atoms with van der Waals surface area (Å²) in [4.78, 5) is 0.148. The molecule has 0 saturated carbocycles. The van der Waals surface area contributed by atoms with Gasteiger partial charge in [-0.25, -0.2) is 0 Å². The maximum absolute atomic E-state index is 8.36. The van der Waals surface area contributed by atoms with E-state index >= 15 is 0 Å². The number of hydrogen-bond donors (Lipinski definition) is 0. The Balaban J connectivity index is 3.57. The minimum absolute atomic E-state index is 0.148. The summed E-state index contributed by atoms with van der Waals surface area (Å²) in [5, 5.41) is 0. The average molecular weight is 199 g/mol. The SMILES string of the molecule is [2H]C#CC([2H])([2H])N(C([2H])([2H])[2H])[C@@]([2H])(C)Cc1c([2H])c([2H])c([2H])c([2H])c1[2H]. The Morgan fingerprint density at radius 2 is 2.57 bits per heavy atom. The summed E-state index contributed by atoms with van der Waals surface area (Å²) in [5.74, 6) is 1.78. The fourth-order valence-corrected chi connectivity index (χ4v) is 0.850. The minimum Gasteiger partial charge on any atom is -0.292 e. The van der Waals surface area contributed by atoms with E-state index in [9.17, 15) is 0 Å². The zero-order chi connectivity index (χ0) is 20.7. The number of likely N-dealkylation sites (N-methyl/N-ethyl adjacent to an activating group) is 1. The lowest BCUT2D eigenvalue weighted by atomic mass is 10.1. The van der Waals surface area contributed by atoms with Gasteiger partial charge in [0.15, 0.2) is 0 Å². The van der Waals surface area contributed by atoms with E-state index in [2.05, 4.69) is 0 Å². The van der Waals surface area contributed by atoms with Crippen molar-refractivity contribution in [1.82, 2.24) is 4.90 Å². The number of hydrogen-bond acceptors (Lipinski definition) is 1. The highest BCUT2D eigenvalue weighted by atomic mass is 15.1. The zero-order valence-electron chi connectivity index (χ0n) is 19.7. The van der Waals surface area contributed by atoms with Gasteiger partial charge in [-0.15, -0.1) is 6.40 Å². The van der Waals surface area contributed by atoms with Crippen molar-refractivity contribution in [3.05, 3.63) is 35.8 Å². The van der Waals surface area contributed by atoms with Gasteiger partial charge in [-0.05, 0) is 25.9 Å². The normalized spacial score (nSPS) is 28.4. The van der Waals surface area contributed by atoms with Gasteiger partial charge in [0.2, 0.25) is 0 Å². The van der Waals surface area contributed by atoms with Crippen molar-refractivity contribution in [3.63, 3.8) is 0 Å². The third-order valence-corrected chi connectivity index (χ3v) is 1.53. The minimum atomic E-state index is -3.13. The third kappa shape index (κ3) is 3.24. The second-order valence-electron chi connectivity index (χ2n) is 2.59. The molecule has 0 unspecified atom stereocenters. The van der Waals surface area contributed by atoms with Gasteiger partial charge in [0.25, 0.3) is 0 Å². The zero-order valence-corrected chi connectivity index (χ0v) is 7.65. The van der Waals surface area contributed by atoms with Gasteiger partial charge in [-0.3, -0.25) is 4.90 Å². The molecule has 1 aromatic carbocycles. The molecule has 0 fully saturated rings. The van der Waals surface area contributed by atoms with Crippen molar-refractivity contribution in [3.8, 4) is 12.3 Å². The molecule has 1 aromatic rings. The third-order valence-electron chi connectivity index (χ3n) is 1.53. The summed E-state index contributed by atoms with van der Waals surface area (Å²) in [6, 6.07) is -5.33. The second-order valence-corrected chi connectivity index (χ2v) is 2.59. The van der Waals surface area contributed by atoms with Crippen molar-refractivity contribution in [2.75, 3.05) is 13.5 Å². The molecule has 0 bridgehead atoms. The summed E-state index contributed by atoms with van der Waals surface area (Å²) in [5.41, 5.74) is -0.308. The molecule has 0 heterocycles. The van der Waals surface area contributed by atoms with E-state index in [-0.39, 0.29) is 10.5 Å². The highest BCUT2D eigenvalue weighted by Crippen LogP contribution is 2.06. The summed E-state index contributed by atoms with van der Waals surface area (Å²) < 4.78 is 92.1. The maximum atomic E-state index is 8.36. The average Bonchev–Trinajstić information content (AvgIpc) is 2.45. The lowest BCUT2D eigenvalue weighted by Gasteiger charge is -2.22. The smallest absolute Gasteiger partial charge is 0.124 e. The van der Waals surface area contributed by atoms with Gasteiger partial charge in [0, 0.05) is 11.5 Å². The number of nitrogens with zero attached hydrogens (tertiary/aromatic N) is 1. The standard InChI is InChI=1S/C13H17N/c1-4-10-14(3)12(2)11-13-8-6-5-7-9-13/h1,5-9,12H,10-11H2,2-3H3/t12-/m0/s1/i1D,3D3,5D,6D,7D,8D,9D,10D2,12D. The van der Waals surface area contributed by atoms with Gasteiger partial charge >= 0.3 is 0 Å². The molecule has 74 valence electrons. The molecule has 1 heteroatoms. The fraction of sp³-hybridized carbons (Fsp3) is 0.385. The first-order chi connectivity index (χ1) is 11.6. The molecular formula is C13H17N. The molecule has 1 nitrogen and oxygen atoms in total. The Morgan fingerprint density at radius 1 is 1.79 bits per heavy atom. The molecule has 14 heavy (non-hydrogen) atoms. The van der Waals surface area contributed by atoms with E-state index in [0.29, 0.717) is 0 Å². The number of terminal acetylenes is 1. The summed E-state index contributed by atoms with van der Waals surface area (Å²) in [6.07, 6.45) is 0.870. The first-order valence-corrected chi connectivity index (χ1v) is 3.88. The fourth-order valence-electron chi connectivity index (χ4n) is 0.850. The Labute approximate surface area is 104 Å². The molecule has 0 aliphatic heterocycles. The number of rotatable bonds is 4. The van der Waals surface area contributed by atoms with Gasteiger partial charge in [-0.2, -0.15) is 0 Å². The lowest BCUT2D eigenvalue weighted by Crippen LogP contribution is -2.31. The molecule has 0 aliphatic carbocycles. The van der Waals surface area contributed by atoms with Crippen molar-refractivity contribution in [2.24, 2.45) is 0 Å². The Bertz CT molecular complexity index is 726. The molecule has 1 atom stereocenters. The van der Waals surface area contributed by atoms with Crippen LogP contribution in [0.15, 0.2) is 30.2 Å². The van der Waals surface area contributed by atoms with Gasteiger partial charge in [0.1, 0.15) is 1.37 Å². The van der Waals surface area contributed by atoms with Gasteiger partial charge < -0.3 is 0 Å².